The van der Waals surface area contributed by atoms with Crippen LogP contribution in [-0.2, 0) is 11.3 Å². The van der Waals surface area contributed by atoms with Gasteiger partial charge >= 0.3 is 0 Å². The van der Waals surface area contributed by atoms with Gasteiger partial charge in [-0.3, -0.25) is 9.59 Å². The number of carbonyl (C=O) groups is 2. The fraction of sp³-hybridized carbons (Fsp3) is 0.391. The van der Waals surface area contributed by atoms with Crippen LogP contribution in [0, 0.1) is 0 Å². The molecule has 2 aromatic rings. The van der Waals surface area contributed by atoms with Gasteiger partial charge in [0.05, 0.1) is 13.2 Å². The summed E-state index contributed by atoms with van der Waals surface area (Å²) in [6.07, 6.45) is 4.92. The quantitative estimate of drug-likeness (QED) is 0.681. The van der Waals surface area contributed by atoms with E-state index in [0.29, 0.717) is 23.6 Å². The number of amides is 2. The molecule has 2 amide bonds. The lowest BCUT2D eigenvalue weighted by Gasteiger charge is -2.16. The minimum absolute atomic E-state index is 0.105. The van der Waals surface area contributed by atoms with E-state index >= 15 is 0 Å². The number of hydrogen-bond donors (Lipinski definition) is 2. The van der Waals surface area contributed by atoms with Gasteiger partial charge in [0.25, 0.3) is 5.91 Å². The summed E-state index contributed by atoms with van der Waals surface area (Å²) in [5, 5.41) is 5.62. The summed E-state index contributed by atoms with van der Waals surface area (Å²) in [5.74, 6) is 0.861. The first-order valence-corrected chi connectivity index (χ1v) is 10.1. The smallest absolute Gasteiger partial charge is 0.251 e. The van der Waals surface area contributed by atoms with Gasteiger partial charge in [0.2, 0.25) is 5.91 Å². The summed E-state index contributed by atoms with van der Waals surface area (Å²) in [4.78, 5) is 24.3. The molecule has 1 saturated carbocycles. The molecule has 0 saturated heterocycles. The van der Waals surface area contributed by atoms with E-state index in [2.05, 4.69) is 10.6 Å². The number of benzene rings is 2. The van der Waals surface area contributed by atoms with Crippen molar-refractivity contribution < 1.29 is 19.1 Å². The molecule has 1 aliphatic rings. The van der Waals surface area contributed by atoms with E-state index in [-0.39, 0.29) is 30.9 Å². The Labute approximate surface area is 171 Å². The second-order valence-corrected chi connectivity index (χ2v) is 7.16. The van der Waals surface area contributed by atoms with Gasteiger partial charge in [0.15, 0.2) is 11.5 Å². The third kappa shape index (κ3) is 6.24. The molecule has 2 N–H and O–H groups in total. The molecule has 0 heterocycles. The topological polar surface area (TPSA) is 76.7 Å². The van der Waals surface area contributed by atoms with E-state index in [9.17, 15) is 9.59 Å². The average Bonchev–Trinajstić information content (AvgIpc) is 3.26. The SMILES string of the molecule is COc1cc(C(=O)NCCC(=O)NCc2ccccc2)ccc1OC1CCCC1. The molecule has 6 nitrogen and oxygen atoms in total. The van der Waals surface area contributed by atoms with Gasteiger partial charge < -0.3 is 20.1 Å². The largest absolute Gasteiger partial charge is 0.493 e. The van der Waals surface area contributed by atoms with Crippen LogP contribution in [0.25, 0.3) is 0 Å². The predicted octanol–water partition coefficient (Wildman–Crippen LogP) is 3.45. The summed E-state index contributed by atoms with van der Waals surface area (Å²) in [5.41, 5.74) is 1.52. The fourth-order valence-electron chi connectivity index (χ4n) is 3.37. The van der Waals surface area contributed by atoms with Crippen LogP contribution in [0.1, 0.15) is 48.0 Å². The Balaban J connectivity index is 1.45. The highest BCUT2D eigenvalue weighted by atomic mass is 16.5. The van der Waals surface area contributed by atoms with Crippen LogP contribution < -0.4 is 20.1 Å². The Bertz CT molecular complexity index is 817. The van der Waals surface area contributed by atoms with Crippen LogP contribution in [0.4, 0.5) is 0 Å². The van der Waals surface area contributed by atoms with Crippen LogP contribution >= 0.6 is 0 Å². The highest BCUT2D eigenvalue weighted by Crippen LogP contribution is 2.32. The van der Waals surface area contributed by atoms with Crippen molar-refractivity contribution in [2.75, 3.05) is 13.7 Å². The Morgan fingerprint density at radius 2 is 1.76 bits per heavy atom. The lowest BCUT2D eigenvalue weighted by Crippen LogP contribution is -2.30. The van der Waals surface area contributed by atoms with Gasteiger partial charge in [-0.15, -0.1) is 0 Å². The maximum Gasteiger partial charge on any atom is 0.251 e. The number of methoxy groups -OCH3 is 1. The molecule has 29 heavy (non-hydrogen) atoms. The summed E-state index contributed by atoms with van der Waals surface area (Å²) in [7, 11) is 1.57. The van der Waals surface area contributed by atoms with E-state index in [4.69, 9.17) is 9.47 Å². The highest BCUT2D eigenvalue weighted by Gasteiger charge is 2.19. The molecule has 1 aliphatic carbocycles. The van der Waals surface area contributed by atoms with Gasteiger partial charge in [-0.05, 0) is 49.4 Å². The second kappa shape index (κ2) is 10.5. The summed E-state index contributed by atoms with van der Waals surface area (Å²) in [6, 6.07) is 14.9. The third-order valence-electron chi connectivity index (χ3n) is 4.99. The lowest BCUT2D eigenvalue weighted by atomic mass is 10.1. The highest BCUT2D eigenvalue weighted by molar-refractivity contribution is 5.95. The van der Waals surface area contributed by atoms with Crippen LogP contribution in [0.2, 0.25) is 0 Å². The van der Waals surface area contributed by atoms with E-state index in [1.54, 1.807) is 25.3 Å². The van der Waals surface area contributed by atoms with Gasteiger partial charge in [-0.1, -0.05) is 30.3 Å². The maximum atomic E-state index is 12.4. The van der Waals surface area contributed by atoms with E-state index in [1.807, 2.05) is 30.3 Å². The van der Waals surface area contributed by atoms with Gasteiger partial charge in [-0.25, -0.2) is 0 Å². The summed E-state index contributed by atoms with van der Waals surface area (Å²) in [6.45, 7) is 0.745. The normalized spacial score (nSPS) is 13.7. The van der Waals surface area contributed by atoms with Crippen molar-refractivity contribution in [3.8, 4) is 11.5 Å². The van der Waals surface area contributed by atoms with Crippen molar-refractivity contribution in [2.45, 2.75) is 44.8 Å². The van der Waals surface area contributed by atoms with Crippen molar-refractivity contribution in [1.29, 1.82) is 0 Å². The molecule has 3 rings (SSSR count). The molecule has 154 valence electrons. The molecule has 0 spiro atoms. The first-order valence-electron chi connectivity index (χ1n) is 10.1. The summed E-state index contributed by atoms with van der Waals surface area (Å²) >= 11 is 0. The number of ether oxygens (including phenoxy) is 2. The van der Waals surface area contributed by atoms with E-state index in [0.717, 1.165) is 18.4 Å². The lowest BCUT2D eigenvalue weighted by molar-refractivity contribution is -0.121. The molecule has 0 aliphatic heterocycles. The molecule has 0 unspecified atom stereocenters. The fourth-order valence-corrected chi connectivity index (χ4v) is 3.37. The van der Waals surface area contributed by atoms with Crippen LogP contribution in [0.5, 0.6) is 11.5 Å². The molecule has 6 heteroatoms. The molecule has 0 aromatic heterocycles. The van der Waals surface area contributed by atoms with Crippen molar-refractivity contribution in [3.05, 3.63) is 59.7 Å². The monoisotopic (exact) mass is 396 g/mol. The van der Waals surface area contributed by atoms with E-state index in [1.165, 1.54) is 12.8 Å². The van der Waals surface area contributed by atoms with Crippen molar-refractivity contribution in [3.63, 3.8) is 0 Å². The van der Waals surface area contributed by atoms with Crippen LogP contribution in [0.3, 0.4) is 0 Å². The second-order valence-electron chi connectivity index (χ2n) is 7.16. The molecule has 0 atom stereocenters. The molecule has 0 radical (unpaired) electrons. The minimum atomic E-state index is -0.244. The Morgan fingerprint density at radius 3 is 2.48 bits per heavy atom. The van der Waals surface area contributed by atoms with E-state index < -0.39 is 0 Å². The predicted molar refractivity (Wildman–Crippen MR) is 111 cm³/mol. The molecule has 1 fully saturated rings. The van der Waals surface area contributed by atoms with Gasteiger partial charge in [0, 0.05) is 25.1 Å². The molecular weight excluding hydrogens is 368 g/mol. The zero-order valence-electron chi connectivity index (χ0n) is 16.8. The zero-order chi connectivity index (χ0) is 20.5. The Kier molecular flexibility index (Phi) is 7.50. The summed E-state index contributed by atoms with van der Waals surface area (Å²) < 4.78 is 11.4. The minimum Gasteiger partial charge on any atom is -0.493 e. The first-order chi connectivity index (χ1) is 14.2. The standard InChI is InChI=1S/C23H28N2O4/c1-28-21-15-18(11-12-20(21)29-19-9-5-6-10-19)23(27)24-14-13-22(26)25-16-17-7-3-2-4-8-17/h2-4,7-8,11-12,15,19H,5-6,9-10,13-14,16H2,1H3,(H,24,27)(H,25,26). The number of carbonyl (C=O) groups excluding carboxylic acids is 2. The Hall–Kier alpha value is -3.02. The average molecular weight is 396 g/mol. The maximum absolute atomic E-state index is 12.4. The van der Waals surface area contributed by atoms with Crippen molar-refractivity contribution in [1.82, 2.24) is 10.6 Å². The van der Waals surface area contributed by atoms with Crippen LogP contribution in [-0.4, -0.2) is 31.6 Å². The number of nitrogens with one attached hydrogen (secondary N) is 2. The number of hydrogen-bond acceptors (Lipinski definition) is 4. The van der Waals surface area contributed by atoms with Crippen molar-refractivity contribution >= 4 is 11.8 Å². The molecule has 2 aromatic carbocycles. The molecular formula is C23H28N2O4. The Morgan fingerprint density at radius 1 is 1.00 bits per heavy atom. The zero-order valence-corrected chi connectivity index (χ0v) is 16.8. The number of rotatable bonds is 9. The van der Waals surface area contributed by atoms with Gasteiger partial charge in [-0.2, -0.15) is 0 Å². The first kappa shape index (κ1) is 20.7. The van der Waals surface area contributed by atoms with Crippen molar-refractivity contribution in [2.24, 2.45) is 0 Å². The van der Waals surface area contributed by atoms with Gasteiger partial charge in [0.1, 0.15) is 0 Å². The third-order valence-corrected chi connectivity index (χ3v) is 4.99. The van der Waals surface area contributed by atoms with Crippen LogP contribution in [0.15, 0.2) is 48.5 Å². The molecule has 0 bridgehead atoms.